The first kappa shape index (κ1) is 15.1. The molecule has 112 valence electrons. The number of hydrogen-bond acceptors (Lipinski definition) is 5. The topological polar surface area (TPSA) is 75.9 Å². The van der Waals surface area contributed by atoms with E-state index in [4.69, 9.17) is 5.73 Å². The van der Waals surface area contributed by atoms with E-state index in [-0.39, 0.29) is 5.95 Å². The summed E-state index contributed by atoms with van der Waals surface area (Å²) in [7, 11) is 0. The average molecular weight is 285 g/mol. The third kappa shape index (κ3) is 4.95. The number of aromatic nitrogens is 2. The van der Waals surface area contributed by atoms with Crippen LogP contribution in [0.15, 0.2) is 30.3 Å². The van der Waals surface area contributed by atoms with Crippen LogP contribution in [0.3, 0.4) is 0 Å². The highest BCUT2D eigenvalue weighted by molar-refractivity contribution is 5.51. The fraction of sp³-hybridized carbons (Fsp3) is 0.375. The highest BCUT2D eigenvalue weighted by atomic mass is 15.1. The number of nitrogens with two attached hydrogens (primary N) is 1. The van der Waals surface area contributed by atoms with Gasteiger partial charge in [0.2, 0.25) is 5.95 Å². The van der Waals surface area contributed by atoms with Gasteiger partial charge in [0.25, 0.3) is 0 Å². The molecule has 4 N–H and O–H groups in total. The van der Waals surface area contributed by atoms with Crippen molar-refractivity contribution in [1.29, 1.82) is 0 Å². The second-order valence-corrected chi connectivity index (χ2v) is 5.09. The van der Waals surface area contributed by atoms with Crippen LogP contribution in [0, 0.1) is 6.92 Å². The van der Waals surface area contributed by atoms with Gasteiger partial charge in [0.15, 0.2) is 0 Å². The van der Waals surface area contributed by atoms with Gasteiger partial charge in [0.1, 0.15) is 11.6 Å². The van der Waals surface area contributed by atoms with E-state index >= 15 is 0 Å². The Balaban J connectivity index is 1.91. The monoisotopic (exact) mass is 285 g/mol. The highest BCUT2D eigenvalue weighted by Gasteiger charge is 2.02. The largest absolute Gasteiger partial charge is 0.370 e. The Morgan fingerprint density at radius 3 is 2.43 bits per heavy atom. The fourth-order valence-corrected chi connectivity index (χ4v) is 2.10. The second-order valence-electron chi connectivity index (χ2n) is 5.09. The molecule has 0 aliphatic heterocycles. The lowest BCUT2D eigenvalue weighted by atomic mass is 10.1. The van der Waals surface area contributed by atoms with Crippen molar-refractivity contribution in [3.8, 4) is 0 Å². The predicted molar refractivity (Wildman–Crippen MR) is 88.6 cm³/mol. The Hall–Kier alpha value is -2.30. The van der Waals surface area contributed by atoms with Gasteiger partial charge >= 0.3 is 0 Å². The van der Waals surface area contributed by atoms with E-state index in [9.17, 15) is 0 Å². The van der Waals surface area contributed by atoms with E-state index in [0.717, 1.165) is 37.6 Å². The first-order chi connectivity index (χ1) is 10.2. The van der Waals surface area contributed by atoms with E-state index in [1.54, 1.807) is 0 Å². The van der Waals surface area contributed by atoms with Crippen molar-refractivity contribution in [3.05, 3.63) is 41.5 Å². The Morgan fingerprint density at radius 2 is 1.76 bits per heavy atom. The zero-order valence-electron chi connectivity index (χ0n) is 12.7. The van der Waals surface area contributed by atoms with E-state index in [2.05, 4.69) is 58.7 Å². The Labute approximate surface area is 126 Å². The normalized spacial score (nSPS) is 10.4. The smallest absolute Gasteiger partial charge is 0.223 e. The summed E-state index contributed by atoms with van der Waals surface area (Å²) in [4.78, 5) is 8.37. The van der Waals surface area contributed by atoms with E-state index < -0.39 is 0 Å². The summed E-state index contributed by atoms with van der Waals surface area (Å²) in [5.74, 6) is 1.81. The SMILES string of the molecule is CCCNc1cc(NCCc2cccc(C)c2)nc(N)n1. The van der Waals surface area contributed by atoms with Crippen molar-refractivity contribution in [2.45, 2.75) is 26.7 Å². The quantitative estimate of drug-likeness (QED) is 0.729. The van der Waals surface area contributed by atoms with E-state index in [0.29, 0.717) is 0 Å². The molecule has 0 aliphatic rings. The van der Waals surface area contributed by atoms with Crippen LogP contribution in [0.25, 0.3) is 0 Å². The molecule has 0 amide bonds. The minimum atomic E-state index is 0.286. The molecule has 0 aliphatic carbocycles. The van der Waals surface area contributed by atoms with Crippen molar-refractivity contribution in [2.24, 2.45) is 0 Å². The molecule has 0 spiro atoms. The van der Waals surface area contributed by atoms with Crippen LogP contribution >= 0.6 is 0 Å². The van der Waals surface area contributed by atoms with Crippen molar-refractivity contribution in [2.75, 3.05) is 29.5 Å². The standard InChI is InChI=1S/C16H23N5/c1-3-8-18-14-11-15(21-16(17)20-14)19-9-7-13-6-4-5-12(2)10-13/h4-6,10-11H,3,7-9H2,1-2H3,(H4,17,18,19,20,21). The van der Waals surface area contributed by atoms with Gasteiger partial charge in [-0.2, -0.15) is 9.97 Å². The minimum absolute atomic E-state index is 0.286. The molecule has 0 atom stereocenters. The lowest BCUT2D eigenvalue weighted by molar-refractivity contribution is 0.962. The Kier molecular flexibility index (Phi) is 5.37. The van der Waals surface area contributed by atoms with Crippen LogP contribution < -0.4 is 16.4 Å². The van der Waals surface area contributed by atoms with Crippen molar-refractivity contribution in [3.63, 3.8) is 0 Å². The lowest BCUT2D eigenvalue weighted by Gasteiger charge is -2.09. The molecular formula is C16H23N5. The van der Waals surface area contributed by atoms with Gasteiger partial charge in [-0.05, 0) is 25.3 Å². The molecule has 0 unspecified atom stereocenters. The molecule has 0 fully saturated rings. The van der Waals surface area contributed by atoms with Crippen molar-refractivity contribution >= 4 is 17.6 Å². The van der Waals surface area contributed by atoms with Gasteiger partial charge in [-0.1, -0.05) is 36.8 Å². The number of nitrogen functional groups attached to an aromatic ring is 1. The van der Waals surface area contributed by atoms with Gasteiger partial charge in [0, 0.05) is 19.2 Å². The molecule has 0 saturated heterocycles. The molecule has 5 heteroatoms. The third-order valence-corrected chi connectivity index (χ3v) is 3.10. The molecule has 2 aromatic rings. The number of nitrogens with zero attached hydrogens (tertiary/aromatic N) is 2. The molecule has 21 heavy (non-hydrogen) atoms. The molecule has 1 aromatic heterocycles. The molecular weight excluding hydrogens is 262 g/mol. The maximum Gasteiger partial charge on any atom is 0.223 e. The predicted octanol–water partition coefficient (Wildman–Crippen LogP) is 2.84. The lowest BCUT2D eigenvalue weighted by Crippen LogP contribution is -2.10. The maximum atomic E-state index is 5.73. The minimum Gasteiger partial charge on any atom is -0.370 e. The summed E-state index contributed by atoms with van der Waals surface area (Å²) in [6.07, 6.45) is 1.99. The molecule has 0 radical (unpaired) electrons. The number of rotatable bonds is 7. The van der Waals surface area contributed by atoms with Crippen LogP contribution in [0.5, 0.6) is 0 Å². The first-order valence-electron chi connectivity index (χ1n) is 7.35. The number of hydrogen-bond donors (Lipinski definition) is 3. The summed E-state index contributed by atoms with van der Waals surface area (Å²) in [6.45, 7) is 5.90. The summed E-state index contributed by atoms with van der Waals surface area (Å²) >= 11 is 0. The molecule has 0 saturated carbocycles. The van der Waals surface area contributed by atoms with Crippen LogP contribution in [0.1, 0.15) is 24.5 Å². The van der Waals surface area contributed by atoms with Crippen molar-refractivity contribution in [1.82, 2.24) is 9.97 Å². The van der Waals surface area contributed by atoms with Gasteiger partial charge in [0.05, 0.1) is 0 Å². The maximum absolute atomic E-state index is 5.73. The summed E-state index contributed by atoms with van der Waals surface area (Å²) in [5, 5.41) is 6.52. The van der Waals surface area contributed by atoms with Gasteiger partial charge < -0.3 is 16.4 Å². The highest BCUT2D eigenvalue weighted by Crippen LogP contribution is 2.13. The van der Waals surface area contributed by atoms with Gasteiger partial charge in [-0.3, -0.25) is 0 Å². The summed E-state index contributed by atoms with van der Waals surface area (Å²) in [6, 6.07) is 10.4. The van der Waals surface area contributed by atoms with E-state index in [1.165, 1.54) is 11.1 Å². The summed E-state index contributed by atoms with van der Waals surface area (Å²) in [5.41, 5.74) is 8.33. The molecule has 2 rings (SSSR count). The first-order valence-corrected chi connectivity index (χ1v) is 7.35. The van der Waals surface area contributed by atoms with Crippen LogP contribution in [0.4, 0.5) is 17.6 Å². The number of aryl methyl sites for hydroxylation is 1. The molecule has 5 nitrogen and oxygen atoms in total. The molecule has 0 bridgehead atoms. The van der Waals surface area contributed by atoms with Crippen molar-refractivity contribution < 1.29 is 0 Å². The molecule has 1 heterocycles. The number of nitrogens with one attached hydrogen (secondary N) is 2. The van der Waals surface area contributed by atoms with E-state index in [1.807, 2.05) is 6.07 Å². The average Bonchev–Trinajstić information content (AvgIpc) is 2.45. The number of anilines is 3. The fourth-order valence-electron chi connectivity index (χ4n) is 2.10. The van der Waals surface area contributed by atoms with Crippen LogP contribution in [-0.2, 0) is 6.42 Å². The Morgan fingerprint density at radius 1 is 1.05 bits per heavy atom. The van der Waals surface area contributed by atoms with Gasteiger partial charge in [-0.15, -0.1) is 0 Å². The zero-order valence-corrected chi connectivity index (χ0v) is 12.7. The zero-order chi connectivity index (χ0) is 15.1. The Bertz CT molecular complexity index is 583. The van der Waals surface area contributed by atoms with Gasteiger partial charge in [-0.25, -0.2) is 0 Å². The van der Waals surface area contributed by atoms with Crippen LogP contribution in [-0.4, -0.2) is 23.1 Å². The second kappa shape index (κ2) is 7.47. The summed E-state index contributed by atoms with van der Waals surface area (Å²) < 4.78 is 0. The van der Waals surface area contributed by atoms with Crippen LogP contribution in [0.2, 0.25) is 0 Å². The third-order valence-electron chi connectivity index (χ3n) is 3.10. The molecule has 1 aromatic carbocycles. The number of benzene rings is 1.